The van der Waals surface area contributed by atoms with Crippen molar-refractivity contribution >= 4 is 11.4 Å². The Kier molecular flexibility index (Phi) is 2.74. The third kappa shape index (κ3) is 2.43. The van der Waals surface area contributed by atoms with Crippen LogP contribution in [0.15, 0.2) is 18.2 Å². The molecule has 1 aliphatic rings. The van der Waals surface area contributed by atoms with Crippen LogP contribution in [-0.2, 0) is 6.42 Å². The van der Waals surface area contributed by atoms with E-state index in [4.69, 9.17) is 5.73 Å². The SMILES string of the molecule is CC(F)(F)CN1CCCc2cc(N)ccc21. The molecule has 1 aromatic carbocycles. The second-order valence-electron chi connectivity index (χ2n) is 4.48. The molecule has 0 aliphatic carbocycles. The number of nitrogens with zero attached hydrogens (tertiary/aromatic N) is 1. The number of halogens is 2. The van der Waals surface area contributed by atoms with Gasteiger partial charge in [-0.1, -0.05) is 0 Å². The molecule has 0 spiro atoms. The van der Waals surface area contributed by atoms with Gasteiger partial charge in [0.25, 0.3) is 5.92 Å². The molecule has 0 radical (unpaired) electrons. The highest BCUT2D eigenvalue weighted by Crippen LogP contribution is 2.30. The fraction of sp³-hybridized carbons (Fsp3) is 0.500. The van der Waals surface area contributed by atoms with Gasteiger partial charge in [0.05, 0.1) is 6.54 Å². The van der Waals surface area contributed by atoms with Crippen molar-refractivity contribution in [2.75, 3.05) is 23.7 Å². The Hall–Kier alpha value is -1.32. The molecule has 0 atom stereocenters. The van der Waals surface area contributed by atoms with Crippen molar-refractivity contribution in [3.8, 4) is 0 Å². The summed E-state index contributed by atoms with van der Waals surface area (Å²) in [6.07, 6.45) is 1.83. The molecule has 0 fully saturated rings. The van der Waals surface area contributed by atoms with Gasteiger partial charge in [-0.15, -0.1) is 0 Å². The topological polar surface area (TPSA) is 29.3 Å². The monoisotopic (exact) mass is 226 g/mol. The first-order valence-electron chi connectivity index (χ1n) is 5.47. The minimum Gasteiger partial charge on any atom is -0.399 e. The zero-order valence-electron chi connectivity index (χ0n) is 9.34. The lowest BCUT2D eigenvalue weighted by Crippen LogP contribution is -2.38. The van der Waals surface area contributed by atoms with Crippen LogP contribution in [0.1, 0.15) is 18.9 Å². The van der Waals surface area contributed by atoms with Gasteiger partial charge >= 0.3 is 0 Å². The lowest BCUT2D eigenvalue weighted by molar-refractivity contribution is 0.0296. The molecule has 1 aromatic rings. The van der Waals surface area contributed by atoms with E-state index in [0.29, 0.717) is 12.2 Å². The Bertz CT molecular complexity index is 385. The summed E-state index contributed by atoms with van der Waals surface area (Å²) in [5.74, 6) is -2.66. The predicted octanol–water partition coefficient (Wildman–Crippen LogP) is 2.68. The maximum atomic E-state index is 13.0. The van der Waals surface area contributed by atoms with Crippen molar-refractivity contribution in [2.45, 2.75) is 25.7 Å². The molecular weight excluding hydrogens is 210 g/mol. The van der Waals surface area contributed by atoms with E-state index in [9.17, 15) is 8.78 Å². The normalized spacial score (nSPS) is 16.1. The van der Waals surface area contributed by atoms with Crippen molar-refractivity contribution in [1.82, 2.24) is 0 Å². The highest BCUT2D eigenvalue weighted by atomic mass is 19.3. The summed E-state index contributed by atoms with van der Waals surface area (Å²) in [5, 5.41) is 0. The molecule has 1 aliphatic heterocycles. The van der Waals surface area contributed by atoms with Gasteiger partial charge in [-0.25, -0.2) is 8.78 Å². The summed E-state index contributed by atoms with van der Waals surface area (Å²) >= 11 is 0. The number of benzene rings is 1. The van der Waals surface area contributed by atoms with Crippen molar-refractivity contribution in [3.63, 3.8) is 0 Å². The van der Waals surface area contributed by atoms with E-state index in [0.717, 1.165) is 31.0 Å². The number of hydrogen-bond donors (Lipinski definition) is 1. The second kappa shape index (κ2) is 3.92. The minimum atomic E-state index is -2.66. The zero-order chi connectivity index (χ0) is 11.8. The molecule has 0 aromatic heterocycles. The average Bonchev–Trinajstić information content (AvgIpc) is 2.15. The molecule has 0 amide bonds. The quantitative estimate of drug-likeness (QED) is 0.785. The van der Waals surface area contributed by atoms with Crippen LogP contribution in [0.25, 0.3) is 0 Å². The maximum absolute atomic E-state index is 13.0. The third-order valence-electron chi connectivity index (χ3n) is 2.79. The molecule has 0 saturated carbocycles. The van der Waals surface area contributed by atoms with Gasteiger partial charge in [-0.2, -0.15) is 0 Å². The van der Waals surface area contributed by atoms with Gasteiger partial charge in [-0.3, -0.25) is 0 Å². The number of hydrogen-bond acceptors (Lipinski definition) is 2. The molecule has 0 unspecified atom stereocenters. The second-order valence-corrected chi connectivity index (χ2v) is 4.48. The number of aryl methyl sites for hydroxylation is 1. The molecule has 2 rings (SSSR count). The number of nitrogens with two attached hydrogens (primary N) is 1. The van der Waals surface area contributed by atoms with E-state index in [2.05, 4.69) is 0 Å². The van der Waals surface area contributed by atoms with Gasteiger partial charge < -0.3 is 10.6 Å². The van der Waals surface area contributed by atoms with Gasteiger partial charge in [0.1, 0.15) is 0 Å². The van der Waals surface area contributed by atoms with Gasteiger partial charge in [0.15, 0.2) is 0 Å². The number of fused-ring (bicyclic) bond motifs is 1. The van der Waals surface area contributed by atoms with E-state index in [-0.39, 0.29) is 6.54 Å². The summed E-state index contributed by atoms with van der Waals surface area (Å²) in [5.41, 5.74) is 8.37. The summed E-state index contributed by atoms with van der Waals surface area (Å²) < 4.78 is 26.0. The first-order valence-corrected chi connectivity index (χ1v) is 5.47. The molecule has 16 heavy (non-hydrogen) atoms. The Morgan fingerprint density at radius 2 is 2.19 bits per heavy atom. The van der Waals surface area contributed by atoms with Crippen molar-refractivity contribution < 1.29 is 8.78 Å². The van der Waals surface area contributed by atoms with Crippen LogP contribution in [0.3, 0.4) is 0 Å². The molecule has 4 heteroatoms. The van der Waals surface area contributed by atoms with Crippen LogP contribution in [0.5, 0.6) is 0 Å². The minimum absolute atomic E-state index is 0.218. The van der Waals surface area contributed by atoms with Crippen LogP contribution < -0.4 is 10.6 Å². The van der Waals surface area contributed by atoms with Crippen molar-refractivity contribution in [2.24, 2.45) is 0 Å². The lowest BCUT2D eigenvalue weighted by atomic mass is 10.0. The Labute approximate surface area is 94.0 Å². The van der Waals surface area contributed by atoms with Crippen LogP contribution in [0.4, 0.5) is 20.2 Å². The van der Waals surface area contributed by atoms with Gasteiger partial charge in [0.2, 0.25) is 0 Å². The molecule has 0 bridgehead atoms. The first-order chi connectivity index (χ1) is 7.46. The fourth-order valence-electron chi connectivity index (χ4n) is 2.19. The van der Waals surface area contributed by atoms with E-state index in [1.54, 1.807) is 11.0 Å². The molecule has 88 valence electrons. The predicted molar refractivity (Wildman–Crippen MR) is 62.0 cm³/mol. The van der Waals surface area contributed by atoms with E-state index in [1.165, 1.54) is 0 Å². The Morgan fingerprint density at radius 3 is 2.88 bits per heavy atom. The molecule has 0 saturated heterocycles. The van der Waals surface area contributed by atoms with Crippen LogP contribution in [0, 0.1) is 0 Å². The van der Waals surface area contributed by atoms with Crippen LogP contribution in [0.2, 0.25) is 0 Å². The van der Waals surface area contributed by atoms with Crippen LogP contribution in [-0.4, -0.2) is 19.0 Å². The van der Waals surface area contributed by atoms with Crippen molar-refractivity contribution in [1.29, 1.82) is 0 Å². The summed E-state index contributed by atoms with van der Waals surface area (Å²) in [6, 6.07) is 5.50. The molecular formula is C12H16F2N2. The van der Waals surface area contributed by atoms with E-state index >= 15 is 0 Å². The largest absolute Gasteiger partial charge is 0.399 e. The molecule has 1 heterocycles. The van der Waals surface area contributed by atoms with Crippen LogP contribution >= 0.6 is 0 Å². The van der Waals surface area contributed by atoms with Crippen molar-refractivity contribution in [3.05, 3.63) is 23.8 Å². The summed E-state index contributed by atoms with van der Waals surface area (Å²) in [6.45, 7) is 1.43. The first kappa shape index (κ1) is 11.2. The summed E-state index contributed by atoms with van der Waals surface area (Å²) in [7, 11) is 0. The van der Waals surface area contributed by atoms with E-state index < -0.39 is 5.92 Å². The smallest absolute Gasteiger partial charge is 0.262 e. The highest BCUT2D eigenvalue weighted by Gasteiger charge is 2.27. The Morgan fingerprint density at radius 1 is 1.44 bits per heavy atom. The standard InChI is InChI=1S/C12H16F2N2/c1-12(13,14)8-16-6-2-3-9-7-10(15)4-5-11(9)16/h4-5,7H,2-3,6,8,15H2,1H3. The van der Waals surface area contributed by atoms with Gasteiger partial charge in [-0.05, 0) is 36.6 Å². The number of anilines is 2. The highest BCUT2D eigenvalue weighted by molar-refractivity contribution is 5.61. The average molecular weight is 226 g/mol. The van der Waals surface area contributed by atoms with E-state index in [1.807, 2.05) is 12.1 Å². The van der Waals surface area contributed by atoms with Gasteiger partial charge in [0, 0.05) is 24.8 Å². The summed E-state index contributed by atoms with van der Waals surface area (Å²) in [4.78, 5) is 1.75. The number of rotatable bonds is 2. The number of alkyl halides is 2. The molecule has 2 nitrogen and oxygen atoms in total. The zero-order valence-corrected chi connectivity index (χ0v) is 9.34. The molecule has 2 N–H and O–H groups in total. The maximum Gasteiger partial charge on any atom is 0.262 e. The Balaban J connectivity index is 2.26. The number of nitrogen functional groups attached to an aromatic ring is 1. The third-order valence-corrected chi connectivity index (χ3v) is 2.79. The lowest BCUT2D eigenvalue weighted by Gasteiger charge is -2.33. The fourth-order valence-corrected chi connectivity index (χ4v) is 2.19.